The maximum absolute atomic E-state index is 12.2. The van der Waals surface area contributed by atoms with Crippen LogP contribution in [0.4, 0.5) is 0 Å². The average Bonchev–Trinajstić information content (AvgIpc) is 2.37. The van der Waals surface area contributed by atoms with Crippen molar-refractivity contribution in [2.45, 2.75) is 57.4 Å². The van der Waals surface area contributed by atoms with Crippen molar-refractivity contribution in [1.29, 1.82) is 0 Å². The molecule has 1 amide bonds. The van der Waals surface area contributed by atoms with Crippen molar-refractivity contribution < 1.29 is 13.2 Å². The molecule has 0 saturated heterocycles. The Morgan fingerprint density at radius 1 is 1.33 bits per heavy atom. The van der Waals surface area contributed by atoms with E-state index in [-0.39, 0.29) is 16.8 Å². The first-order chi connectivity index (χ1) is 9.75. The highest BCUT2D eigenvalue weighted by atomic mass is 35.7. The normalized spacial score (nSPS) is 13.0. The molecule has 0 fully saturated rings. The zero-order chi connectivity index (χ0) is 16.0. The topological polar surface area (TPSA) is 63.2 Å². The highest BCUT2D eigenvalue weighted by molar-refractivity contribution is 8.13. The van der Waals surface area contributed by atoms with Gasteiger partial charge in [0.05, 0.1) is 4.90 Å². The van der Waals surface area contributed by atoms with Crippen LogP contribution in [0.15, 0.2) is 23.1 Å². The van der Waals surface area contributed by atoms with E-state index in [2.05, 4.69) is 12.2 Å². The van der Waals surface area contributed by atoms with Crippen molar-refractivity contribution in [3.8, 4) is 0 Å². The van der Waals surface area contributed by atoms with Crippen LogP contribution >= 0.6 is 10.7 Å². The summed E-state index contributed by atoms with van der Waals surface area (Å²) in [6, 6.07) is 4.37. The summed E-state index contributed by atoms with van der Waals surface area (Å²) in [4.78, 5) is 12.2. The number of rotatable bonds is 7. The van der Waals surface area contributed by atoms with Gasteiger partial charge >= 0.3 is 0 Å². The van der Waals surface area contributed by atoms with Gasteiger partial charge in [0.1, 0.15) is 0 Å². The molecule has 0 aliphatic heterocycles. The van der Waals surface area contributed by atoms with Crippen molar-refractivity contribution in [2.75, 3.05) is 0 Å². The van der Waals surface area contributed by atoms with E-state index < -0.39 is 9.05 Å². The number of carbonyl (C=O) groups is 1. The van der Waals surface area contributed by atoms with Crippen LogP contribution < -0.4 is 5.32 Å². The lowest BCUT2D eigenvalue weighted by molar-refractivity contribution is 0.0937. The summed E-state index contributed by atoms with van der Waals surface area (Å²) in [5.41, 5.74) is 1.07. The second kappa shape index (κ2) is 7.80. The van der Waals surface area contributed by atoms with Gasteiger partial charge in [0.15, 0.2) is 0 Å². The van der Waals surface area contributed by atoms with Crippen molar-refractivity contribution >= 4 is 25.6 Å². The maximum Gasteiger partial charge on any atom is 0.261 e. The lowest BCUT2D eigenvalue weighted by atomic mass is 10.1. The fourth-order valence-corrected chi connectivity index (χ4v) is 2.85. The van der Waals surface area contributed by atoms with Crippen LogP contribution in [0.3, 0.4) is 0 Å². The van der Waals surface area contributed by atoms with Gasteiger partial charge in [-0.2, -0.15) is 0 Å². The molecule has 6 heteroatoms. The van der Waals surface area contributed by atoms with Gasteiger partial charge in [-0.1, -0.05) is 32.3 Å². The molecule has 21 heavy (non-hydrogen) atoms. The second-order valence-corrected chi connectivity index (χ2v) is 7.85. The molecule has 1 unspecified atom stereocenters. The number of hydrogen-bond donors (Lipinski definition) is 1. The summed E-state index contributed by atoms with van der Waals surface area (Å²) < 4.78 is 22.7. The van der Waals surface area contributed by atoms with E-state index in [1.54, 1.807) is 13.0 Å². The van der Waals surface area contributed by atoms with Crippen LogP contribution in [0.1, 0.15) is 55.5 Å². The van der Waals surface area contributed by atoms with Crippen LogP contribution in [-0.2, 0) is 9.05 Å². The van der Waals surface area contributed by atoms with Gasteiger partial charge in [0.2, 0.25) is 0 Å². The van der Waals surface area contributed by atoms with Crippen LogP contribution in [0.5, 0.6) is 0 Å². The fourth-order valence-electron chi connectivity index (χ4n) is 2.07. The molecule has 1 rings (SSSR count). The monoisotopic (exact) mass is 331 g/mol. The number of nitrogens with one attached hydrogen (secondary N) is 1. The predicted octanol–water partition coefficient (Wildman–Crippen LogP) is 3.62. The van der Waals surface area contributed by atoms with E-state index in [0.717, 1.165) is 31.2 Å². The maximum atomic E-state index is 12.2. The van der Waals surface area contributed by atoms with Crippen molar-refractivity contribution in [3.63, 3.8) is 0 Å². The van der Waals surface area contributed by atoms with Crippen molar-refractivity contribution in [3.05, 3.63) is 29.3 Å². The van der Waals surface area contributed by atoms with Gasteiger partial charge in [0.25, 0.3) is 15.0 Å². The molecule has 1 aromatic carbocycles. The van der Waals surface area contributed by atoms with Gasteiger partial charge in [-0.15, -0.1) is 0 Å². The van der Waals surface area contributed by atoms with Gasteiger partial charge in [-0.3, -0.25) is 4.79 Å². The highest BCUT2D eigenvalue weighted by Gasteiger charge is 2.17. The Hall–Kier alpha value is -1.07. The van der Waals surface area contributed by atoms with Crippen LogP contribution in [0, 0.1) is 6.92 Å². The number of hydrogen-bond acceptors (Lipinski definition) is 3. The van der Waals surface area contributed by atoms with E-state index in [1.807, 2.05) is 6.92 Å². The molecule has 0 aliphatic rings. The third-order valence-electron chi connectivity index (χ3n) is 3.35. The molecule has 0 radical (unpaired) electrons. The number of carbonyl (C=O) groups excluding carboxylic acids is 1. The van der Waals surface area contributed by atoms with E-state index in [4.69, 9.17) is 10.7 Å². The Labute approximate surface area is 131 Å². The van der Waals surface area contributed by atoms with Gasteiger partial charge < -0.3 is 5.32 Å². The largest absolute Gasteiger partial charge is 0.350 e. The summed E-state index contributed by atoms with van der Waals surface area (Å²) in [5.74, 6) is -0.265. The number of benzene rings is 1. The minimum Gasteiger partial charge on any atom is -0.350 e. The fraction of sp³-hybridized carbons (Fsp3) is 0.533. The summed E-state index contributed by atoms with van der Waals surface area (Å²) in [6.07, 6.45) is 4.24. The molecule has 1 aromatic rings. The Morgan fingerprint density at radius 2 is 2.00 bits per heavy atom. The van der Waals surface area contributed by atoms with Gasteiger partial charge in [0, 0.05) is 22.3 Å². The van der Waals surface area contributed by atoms with E-state index in [0.29, 0.717) is 5.56 Å². The third kappa shape index (κ3) is 5.67. The molecule has 1 atom stereocenters. The lowest BCUT2D eigenvalue weighted by Crippen LogP contribution is -2.33. The van der Waals surface area contributed by atoms with Crippen molar-refractivity contribution in [1.82, 2.24) is 5.32 Å². The SMILES string of the molecule is CCCCCC(C)NC(=O)c1cc(S(=O)(=O)Cl)ccc1C. The minimum atomic E-state index is -3.83. The highest BCUT2D eigenvalue weighted by Crippen LogP contribution is 2.19. The molecular formula is C15H22ClNO3S. The zero-order valence-corrected chi connectivity index (χ0v) is 14.2. The van der Waals surface area contributed by atoms with E-state index in [9.17, 15) is 13.2 Å². The predicted molar refractivity (Wildman–Crippen MR) is 85.3 cm³/mol. The standard InChI is InChI=1S/C15H22ClNO3S/c1-4-5-6-7-12(3)17-15(18)14-10-13(21(16,19)20)9-8-11(14)2/h8-10,12H,4-7H2,1-3H3,(H,17,18). The molecular weight excluding hydrogens is 310 g/mol. The summed E-state index contributed by atoms with van der Waals surface area (Å²) in [5, 5.41) is 2.90. The summed E-state index contributed by atoms with van der Waals surface area (Å²) >= 11 is 0. The third-order valence-corrected chi connectivity index (χ3v) is 4.70. The number of halogens is 1. The Morgan fingerprint density at radius 3 is 2.57 bits per heavy atom. The molecule has 0 bridgehead atoms. The minimum absolute atomic E-state index is 0.0553. The molecule has 0 aliphatic carbocycles. The molecule has 118 valence electrons. The first kappa shape index (κ1) is 18.0. The first-order valence-electron chi connectivity index (χ1n) is 7.12. The Balaban J connectivity index is 2.82. The summed E-state index contributed by atoms with van der Waals surface area (Å²) in [7, 11) is 1.49. The molecule has 4 nitrogen and oxygen atoms in total. The van der Waals surface area contributed by atoms with Crippen LogP contribution in [0.25, 0.3) is 0 Å². The molecule has 0 aromatic heterocycles. The van der Waals surface area contributed by atoms with Gasteiger partial charge in [-0.05, 0) is 38.0 Å². The first-order valence-corrected chi connectivity index (χ1v) is 9.42. The smallest absolute Gasteiger partial charge is 0.261 e. The second-order valence-electron chi connectivity index (χ2n) is 5.28. The van der Waals surface area contributed by atoms with E-state index in [1.165, 1.54) is 12.1 Å². The zero-order valence-electron chi connectivity index (χ0n) is 12.6. The quantitative estimate of drug-likeness (QED) is 0.613. The Kier molecular flexibility index (Phi) is 6.68. The molecule has 1 N–H and O–H groups in total. The lowest BCUT2D eigenvalue weighted by Gasteiger charge is -2.15. The number of amides is 1. The molecule has 0 saturated carbocycles. The van der Waals surface area contributed by atoms with Crippen LogP contribution in [-0.4, -0.2) is 20.4 Å². The van der Waals surface area contributed by atoms with E-state index >= 15 is 0 Å². The summed E-state index contributed by atoms with van der Waals surface area (Å²) in [6.45, 7) is 5.84. The van der Waals surface area contributed by atoms with Gasteiger partial charge in [-0.25, -0.2) is 8.42 Å². The molecule has 0 heterocycles. The Bertz CT molecular complexity index is 599. The number of aryl methyl sites for hydroxylation is 1. The number of unbranched alkanes of at least 4 members (excludes halogenated alkanes) is 2. The van der Waals surface area contributed by atoms with Crippen molar-refractivity contribution in [2.24, 2.45) is 0 Å². The average molecular weight is 332 g/mol. The molecule has 0 spiro atoms. The van der Waals surface area contributed by atoms with Crippen LogP contribution in [0.2, 0.25) is 0 Å².